The molecule has 1 saturated carbocycles. The molecule has 2 amide bonds. The minimum atomic E-state index is -0.991. The van der Waals surface area contributed by atoms with E-state index in [-0.39, 0.29) is 24.8 Å². The minimum absolute atomic E-state index is 0.129. The molecule has 7 heteroatoms. The Morgan fingerprint density at radius 1 is 1.15 bits per heavy atom. The van der Waals surface area contributed by atoms with Crippen molar-refractivity contribution in [2.75, 3.05) is 12.8 Å². The molecule has 0 saturated heterocycles. The molecule has 3 N–H and O–H groups in total. The van der Waals surface area contributed by atoms with Crippen molar-refractivity contribution in [3.8, 4) is 0 Å². The first-order valence-electron chi connectivity index (χ1n) is 9.39. The zero-order valence-corrected chi connectivity index (χ0v) is 16.5. The van der Waals surface area contributed by atoms with E-state index < -0.39 is 12.0 Å². The predicted molar refractivity (Wildman–Crippen MR) is 106 cm³/mol. The minimum Gasteiger partial charge on any atom is -0.481 e. The highest BCUT2D eigenvalue weighted by atomic mass is 32.2. The molecule has 0 spiro atoms. The van der Waals surface area contributed by atoms with E-state index in [4.69, 9.17) is 5.11 Å². The molecule has 27 heavy (non-hydrogen) atoms. The summed E-state index contributed by atoms with van der Waals surface area (Å²) in [7, 11) is 0. The van der Waals surface area contributed by atoms with Crippen LogP contribution in [0.2, 0.25) is 0 Å². The van der Waals surface area contributed by atoms with E-state index in [0.29, 0.717) is 12.3 Å². The third-order valence-electron chi connectivity index (χ3n) is 4.93. The first kappa shape index (κ1) is 21.3. The van der Waals surface area contributed by atoms with Crippen LogP contribution in [0.1, 0.15) is 56.6 Å². The number of aliphatic carboxylic acids is 1. The van der Waals surface area contributed by atoms with Crippen LogP contribution in [0.3, 0.4) is 0 Å². The molecule has 1 unspecified atom stereocenters. The summed E-state index contributed by atoms with van der Waals surface area (Å²) in [6.07, 6.45) is 7.94. The first-order chi connectivity index (χ1) is 13.0. The van der Waals surface area contributed by atoms with Crippen molar-refractivity contribution in [2.24, 2.45) is 5.92 Å². The maximum absolute atomic E-state index is 12.2. The zero-order chi connectivity index (χ0) is 19.6. The molecular formula is C20H28N2O4S. The number of carbonyl (C=O) groups is 3. The number of nitrogens with one attached hydrogen (secondary N) is 2. The summed E-state index contributed by atoms with van der Waals surface area (Å²) < 4.78 is 0. The van der Waals surface area contributed by atoms with Crippen molar-refractivity contribution in [3.05, 3.63) is 29.8 Å². The van der Waals surface area contributed by atoms with Crippen LogP contribution in [0.25, 0.3) is 0 Å². The third kappa shape index (κ3) is 7.62. The average molecular weight is 393 g/mol. The van der Waals surface area contributed by atoms with Gasteiger partial charge in [0.1, 0.15) is 0 Å². The number of benzene rings is 1. The predicted octanol–water partition coefficient (Wildman–Crippen LogP) is 3.13. The van der Waals surface area contributed by atoms with Gasteiger partial charge in [0.15, 0.2) is 0 Å². The van der Waals surface area contributed by atoms with Crippen molar-refractivity contribution in [1.29, 1.82) is 0 Å². The lowest BCUT2D eigenvalue weighted by Crippen LogP contribution is -2.39. The molecule has 148 valence electrons. The second-order valence-electron chi connectivity index (χ2n) is 6.96. The van der Waals surface area contributed by atoms with Gasteiger partial charge >= 0.3 is 5.97 Å². The second-order valence-corrected chi connectivity index (χ2v) is 7.84. The van der Waals surface area contributed by atoms with Gasteiger partial charge in [0.25, 0.3) is 0 Å². The zero-order valence-electron chi connectivity index (χ0n) is 15.7. The summed E-state index contributed by atoms with van der Waals surface area (Å²) in [5, 5.41) is 14.5. The van der Waals surface area contributed by atoms with Gasteiger partial charge in [-0.3, -0.25) is 14.4 Å². The topological polar surface area (TPSA) is 95.5 Å². The standard InChI is InChI=1S/C20H28N2O4S/c1-27-16-9-7-15(8-10-16)17(12-20(25)26)22-19(24)13-21-18(23)11-6-14-4-2-3-5-14/h7-10,14,17H,2-6,11-13H2,1H3,(H,21,23)(H,22,24)(H,25,26). The molecule has 6 nitrogen and oxygen atoms in total. The van der Waals surface area contributed by atoms with Crippen LogP contribution in [0.5, 0.6) is 0 Å². The van der Waals surface area contributed by atoms with Gasteiger partial charge in [0.2, 0.25) is 11.8 Å². The van der Waals surface area contributed by atoms with Gasteiger partial charge in [-0.1, -0.05) is 37.8 Å². The molecule has 1 aliphatic rings. The molecule has 0 aliphatic heterocycles. The van der Waals surface area contributed by atoms with E-state index in [1.807, 2.05) is 30.5 Å². The van der Waals surface area contributed by atoms with Gasteiger partial charge in [-0.05, 0) is 36.3 Å². The highest BCUT2D eigenvalue weighted by Crippen LogP contribution is 2.28. The second kappa shape index (κ2) is 11.0. The summed E-state index contributed by atoms with van der Waals surface area (Å²) in [6, 6.07) is 6.80. The van der Waals surface area contributed by atoms with Crippen LogP contribution in [0.15, 0.2) is 29.2 Å². The molecular weight excluding hydrogens is 364 g/mol. The summed E-state index contributed by atoms with van der Waals surface area (Å²) in [5.41, 5.74) is 0.733. The Kier molecular flexibility index (Phi) is 8.64. The lowest BCUT2D eigenvalue weighted by molar-refractivity contribution is -0.138. The molecule has 1 aromatic carbocycles. The van der Waals surface area contributed by atoms with Gasteiger partial charge in [0, 0.05) is 11.3 Å². The van der Waals surface area contributed by atoms with Crippen molar-refractivity contribution < 1.29 is 19.5 Å². The van der Waals surface area contributed by atoms with Gasteiger partial charge in [-0.15, -0.1) is 11.8 Å². The Morgan fingerprint density at radius 2 is 1.81 bits per heavy atom. The van der Waals surface area contributed by atoms with Gasteiger partial charge < -0.3 is 15.7 Å². The molecule has 1 fully saturated rings. The summed E-state index contributed by atoms with van der Waals surface area (Å²) in [6.45, 7) is -0.136. The van der Waals surface area contributed by atoms with Crippen LogP contribution in [0, 0.1) is 5.92 Å². The summed E-state index contributed by atoms with van der Waals surface area (Å²) in [4.78, 5) is 36.3. The third-order valence-corrected chi connectivity index (χ3v) is 5.68. The lowest BCUT2D eigenvalue weighted by atomic mass is 10.0. The normalized spacial score (nSPS) is 15.3. The Bertz CT molecular complexity index is 642. The maximum Gasteiger partial charge on any atom is 0.305 e. The highest BCUT2D eigenvalue weighted by Gasteiger charge is 2.19. The molecule has 2 rings (SSSR count). The van der Waals surface area contributed by atoms with Crippen LogP contribution < -0.4 is 10.6 Å². The molecule has 0 aromatic heterocycles. The Morgan fingerprint density at radius 3 is 2.41 bits per heavy atom. The fourth-order valence-electron chi connectivity index (χ4n) is 3.41. The van der Waals surface area contributed by atoms with E-state index in [0.717, 1.165) is 16.9 Å². The van der Waals surface area contributed by atoms with Crippen molar-refractivity contribution >= 4 is 29.5 Å². The van der Waals surface area contributed by atoms with E-state index in [1.54, 1.807) is 11.8 Å². The smallest absolute Gasteiger partial charge is 0.305 e. The molecule has 1 atom stereocenters. The monoisotopic (exact) mass is 392 g/mol. The number of carboxylic acid groups (broad SMARTS) is 1. The number of hydrogen-bond donors (Lipinski definition) is 3. The Labute approximate surface area is 164 Å². The van der Waals surface area contributed by atoms with Crippen LogP contribution in [0.4, 0.5) is 0 Å². The van der Waals surface area contributed by atoms with Gasteiger partial charge in [-0.2, -0.15) is 0 Å². The summed E-state index contributed by atoms with van der Waals surface area (Å²) in [5.74, 6) is -0.871. The van der Waals surface area contributed by atoms with E-state index >= 15 is 0 Å². The number of thioether (sulfide) groups is 1. The van der Waals surface area contributed by atoms with Crippen LogP contribution >= 0.6 is 11.8 Å². The lowest BCUT2D eigenvalue weighted by Gasteiger charge is -2.18. The SMILES string of the molecule is CSc1ccc(C(CC(=O)O)NC(=O)CNC(=O)CCC2CCCC2)cc1. The molecule has 1 aromatic rings. The Hall–Kier alpha value is -2.02. The Balaban J connectivity index is 1.81. The molecule has 0 bridgehead atoms. The first-order valence-corrected chi connectivity index (χ1v) is 10.6. The van der Waals surface area contributed by atoms with E-state index in [9.17, 15) is 14.4 Å². The average Bonchev–Trinajstić information content (AvgIpc) is 3.17. The fourth-order valence-corrected chi connectivity index (χ4v) is 3.82. The quantitative estimate of drug-likeness (QED) is 0.532. The number of amides is 2. The molecule has 0 heterocycles. The molecule has 0 radical (unpaired) electrons. The molecule has 1 aliphatic carbocycles. The highest BCUT2D eigenvalue weighted by molar-refractivity contribution is 7.98. The van der Waals surface area contributed by atoms with Crippen molar-refractivity contribution in [3.63, 3.8) is 0 Å². The van der Waals surface area contributed by atoms with Gasteiger partial charge in [0.05, 0.1) is 19.0 Å². The maximum atomic E-state index is 12.2. The number of carbonyl (C=O) groups excluding carboxylic acids is 2. The van der Waals surface area contributed by atoms with Crippen LogP contribution in [-0.2, 0) is 14.4 Å². The fraction of sp³-hybridized carbons (Fsp3) is 0.550. The number of hydrogen-bond acceptors (Lipinski definition) is 4. The van der Waals surface area contributed by atoms with Crippen molar-refractivity contribution in [2.45, 2.75) is 55.9 Å². The largest absolute Gasteiger partial charge is 0.481 e. The van der Waals surface area contributed by atoms with E-state index in [2.05, 4.69) is 10.6 Å². The summed E-state index contributed by atoms with van der Waals surface area (Å²) >= 11 is 1.59. The van der Waals surface area contributed by atoms with Crippen molar-refractivity contribution in [1.82, 2.24) is 10.6 Å². The van der Waals surface area contributed by atoms with E-state index in [1.165, 1.54) is 25.7 Å². The van der Waals surface area contributed by atoms with Crippen LogP contribution in [-0.4, -0.2) is 35.7 Å². The number of carboxylic acids is 1. The van der Waals surface area contributed by atoms with Gasteiger partial charge in [-0.25, -0.2) is 0 Å². The number of rotatable bonds is 10.